The van der Waals surface area contributed by atoms with Crippen LogP contribution in [0.4, 0.5) is 8.78 Å². The summed E-state index contributed by atoms with van der Waals surface area (Å²) in [6.07, 6.45) is 1.24. The second-order valence-corrected chi connectivity index (χ2v) is 7.86. The van der Waals surface area contributed by atoms with Gasteiger partial charge in [-0.3, -0.25) is 9.59 Å². The summed E-state index contributed by atoms with van der Waals surface area (Å²) >= 11 is 0. The van der Waals surface area contributed by atoms with Crippen LogP contribution >= 0.6 is 21.6 Å². The minimum Gasteiger partial charge on any atom is -0.481 e. The minimum absolute atomic E-state index is 0.0602. The zero-order valence-corrected chi connectivity index (χ0v) is 13.4. The van der Waals surface area contributed by atoms with E-state index in [-0.39, 0.29) is 37.5 Å². The molecule has 0 aliphatic heterocycles. The van der Waals surface area contributed by atoms with Crippen LogP contribution in [-0.2, 0) is 9.59 Å². The van der Waals surface area contributed by atoms with Gasteiger partial charge >= 0.3 is 5.97 Å². The van der Waals surface area contributed by atoms with E-state index < -0.39 is 11.9 Å². The van der Waals surface area contributed by atoms with Crippen LogP contribution < -0.4 is 5.32 Å². The lowest BCUT2D eigenvalue weighted by atomic mass is 9.84. The molecule has 1 aliphatic carbocycles. The predicted octanol–water partition coefficient (Wildman–Crippen LogP) is 3.17. The van der Waals surface area contributed by atoms with Gasteiger partial charge in [0.1, 0.15) is 0 Å². The van der Waals surface area contributed by atoms with Gasteiger partial charge in [-0.15, -0.1) is 0 Å². The summed E-state index contributed by atoms with van der Waals surface area (Å²) in [5.41, 5.74) is 0. The Kier molecular flexibility index (Phi) is 8.39. The van der Waals surface area contributed by atoms with Crippen LogP contribution in [0.5, 0.6) is 0 Å². The fraction of sp³-hybridized carbons (Fsp3) is 0.846. The predicted molar refractivity (Wildman–Crippen MR) is 81.7 cm³/mol. The number of carboxylic acid groups (broad SMARTS) is 1. The summed E-state index contributed by atoms with van der Waals surface area (Å²) in [7, 11) is 2.96. The van der Waals surface area contributed by atoms with Crippen molar-refractivity contribution in [2.45, 2.75) is 44.4 Å². The maximum Gasteiger partial charge on any atom is 0.304 e. The molecule has 1 unspecified atom stereocenters. The lowest BCUT2D eigenvalue weighted by Crippen LogP contribution is -2.32. The number of carboxylic acids is 1. The van der Waals surface area contributed by atoms with Crippen molar-refractivity contribution >= 4 is 33.5 Å². The van der Waals surface area contributed by atoms with E-state index >= 15 is 0 Å². The zero-order chi connectivity index (χ0) is 15.7. The number of hydrogen-bond donors (Lipinski definition) is 2. The van der Waals surface area contributed by atoms with Crippen LogP contribution in [-0.4, -0.2) is 41.0 Å². The molecule has 21 heavy (non-hydrogen) atoms. The first kappa shape index (κ1) is 18.5. The Morgan fingerprint density at radius 2 is 2.00 bits per heavy atom. The lowest BCUT2D eigenvalue weighted by Gasteiger charge is -2.28. The van der Waals surface area contributed by atoms with Crippen LogP contribution in [0, 0.1) is 5.92 Å². The van der Waals surface area contributed by atoms with Gasteiger partial charge < -0.3 is 10.4 Å². The number of hydrogen-bond acceptors (Lipinski definition) is 4. The van der Waals surface area contributed by atoms with Crippen molar-refractivity contribution in [2.24, 2.45) is 5.92 Å². The molecule has 8 heteroatoms. The molecule has 0 radical (unpaired) electrons. The van der Waals surface area contributed by atoms with Crippen molar-refractivity contribution in [1.29, 1.82) is 0 Å². The molecule has 1 atom stereocenters. The normalized spacial score (nSPS) is 21.0. The Morgan fingerprint density at radius 3 is 2.67 bits per heavy atom. The number of rotatable bonds is 9. The van der Waals surface area contributed by atoms with E-state index in [1.807, 2.05) is 0 Å². The standard InChI is InChI=1S/C13H21F2NO3S2/c14-13(15)4-1-2-10(9-13)8-11(17)16-5-7-21-20-6-3-12(18)19/h10H,1-9H2,(H,16,17)(H,18,19). The zero-order valence-electron chi connectivity index (χ0n) is 11.8. The van der Waals surface area contributed by atoms with Crippen LogP contribution in [0.1, 0.15) is 38.5 Å². The molecule has 4 nitrogen and oxygen atoms in total. The molecule has 122 valence electrons. The van der Waals surface area contributed by atoms with E-state index in [2.05, 4.69) is 5.32 Å². The molecule has 0 saturated heterocycles. The SMILES string of the molecule is O=C(O)CCSSCCNC(=O)CC1CCCC(F)(F)C1. The fourth-order valence-electron chi connectivity index (χ4n) is 2.26. The molecule has 1 rings (SSSR count). The third-order valence-electron chi connectivity index (χ3n) is 3.21. The minimum atomic E-state index is -2.61. The number of aliphatic carboxylic acids is 1. The second kappa shape index (κ2) is 9.50. The molecule has 0 aromatic carbocycles. The van der Waals surface area contributed by atoms with Gasteiger partial charge in [-0.05, 0) is 18.8 Å². The summed E-state index contributed by atoms with van der Waals surface area (Å²) in [6, 6.07) is 0. The Labute approximate surface area is 131 Å². The smallest absolute Gasteiger partial charge is 0.304 e. The molecule has 0 bridgehead atoms. The molecule has 0 spiro atoms. The van der Waals surface area contributed by atoms with E-state index in [1.54, 1.807) is 0 Å². The molecular weight excluding hydrogens is 320 g/mol. The maximum atomic E-state index is 13.2. The molecule has 1 aliphatic rings. The van der Waals surface area contributed by atoms with E-state index in [0.717, 1.165) is 0 Å². The van der Waals surface area contributed by atoms with Gasteiger partial charge in [-0.2, -0.15) is 0 Å². The number of carbonyl (C=O) groups excluding carboxylic acids is 1. The van der Waals surface area contributed by atoms with Gasteiger partial charge in [0.15, 0.2) is 0 Å². The van der Waals surface area contributed by atoms with Gasteiger partial charge in [0.25, 0.3) is 0 Å². The molecule has 0 aromatic rings. The highest BCUT2D eigenvalue weighted by Gasteiger charge is 2.36. The van der Waals surface area contributed by atoms with Crippen LogP contribution in [0.3, 0.4) is 0 Å². The molecule has 2 N–H and O–H groups in total. The first-order valence-electron chi connectivity index (χ1n) is 7.00. The third-order valence-corrected chi connectivity index (χ3v) is 5.61. The Hall–Kier alpha value is -0.500. The van der Waals surface area contributed by atoms with Crippen LogP contribution in [0.25, 0.3) is 0 Å². The average Bonchev–Trinajstić information content (AvgIpc) is 2.36. The second-order valence-electron chi connectivity index (χ2n) is 5.16. The summed E-state index contributed by atoms with van der Waals surface area (Å²) in [4.78, 5) is 21.9. The van der Waals surface area contributed by atoms with Crippen LogP contribution in [0.15, 0.2) is 0 Å². The van der Waals surface area contributed by atoms with Gasteiger partial charge in [0.2, 0.25) is 11.8 Å². The number of carbonyl (C=O) groups is 2. The highest BCUT2D eigenvalue weighted by Crippen LogP contribution is 2.37. The Morgan fingerprint density at radius 1 is 1.29 bits per heavy atom. The van der Waals surface area contributed by atoms with E-state index in [4.69, 9.17) is 5.11 Å². The molecule has 0 aromatic heterocycles. The van der Waals surface area contributed by atoms with Gasteiger partial charge in [0.05, 0.1) is 6.42 Å². The van der Waals surface area contributed by atoms with Gasteiger partial charge in [-0.1, -0.05) is 21.6 Å². The summed E-state index contributed by atoms with van der Waals surface area (Å²) in [5, 5.41) is 11.2. The maximum absolute atomic E-state index is 13.2. The number of nitrogens with one attached hydrogen (secondary N) is 1. The third kappa shape index (κ3) is 9.18. The summed E-state index contributed by atoms with van der Waals surface area (Å²) < 4.78 is 26.4. The van der Waals surface area contributed by atoms with Crippen molar-refractivity contribution in [3.8, 4) is 0 Å². The van der Waals surface area contributed by atoms with E-state index in [9.17, 15) is 18.4 Å². The summed E-state index contributed by atoms with van der Waals surface area (Å²) in [6.45, 7) is 0.479. The first-order chi connectivity index (χ1) is 9.89. The van der Waals surface area contributed by atoms with Crippen molar-refractivity contribution < 1.29 is 23.5 Å². The largest absolute Gasteiger partial charge is 0.481 e. The molecule has 1 saturated carbocycles. The molecular formula is C13H21F2NO3S2. The van der Waals surface area contributed by atoms with Crippen molar-refractivity contribution in [2.75, 3.05) is 18.1 Å². The Balaban J connectivity index is 2.02. The quantitative estimate of drug-likeness (QED) is 0.498. The monoisotopic (exact) mass is 341 g/mol. The van der Waals surface area contributed by atoms with E-state index in [0.29, 0.717) is 30.9 Å². The average molecular weight is 341 g/mol. The molecule has 0 heterocycles. The topological polar surface area (TPSA) is 66.4 Å². The van der Waals surface area contributed by atoms with Crippen molar-refractivity contribution in [1.82, 2.24) is 5.32 Å². The molecule has 1 amide bonds. The van der Waals surface area contributed by atoms with Crippen molar-refractivity contribution in [3.05, 3.63) is 0 Å². The first-order valence-corrected chi connectivity index (χ1v) is 9.48. The summed E-state index contributed by atoms with van der Waals surface area (Å²) in [5.74, 6) is -2.61. The Bertz CT molecular complexity index is 356. The highest BCUT2D eigenvalue weighted by molar-refractivity contribution is 8.76. The van der Waals surface area contributed by atoms with Gasteiger partial charge in [0, 0.05) is 37.3 Å². The van der Waals surface area contributed by atoms with Gasteiger partial charge in [-0.25, -0.2) is 8.78 Å². The van der Waals surface area contributed by atoms with Crippen LogP contribution in [0.2, 0.25) is 0 Å². The lowest BCUT2D eigenvalue weighted by molar-refractivity contribution is -0.136. The highest BCUT2D eigenvalue weighted by atomic mass is 33.1. The number of amides is 1. The number of halogens is 2. The van der Waals surface area contributed by atoms with Crippen molar-refractivity contribution in [3.63, 3.8) is 0 Å². The molecule has 1 fully saturated rings. The van der Waals surface area contributed by atoms with E-state index in [1.165, 1.54) is 21.6 Å². The fourth-order valence-corrected chi connectivity index (χ4v) is 4.15. The number of alkyl halides is 2.